The van der Waals surface area contributed by atoms with E-state index in [0.29, 0.717) is 11.3 Å². The minimum absolute atomic E-state index is 0.0464. The van der Waals surface area contributed by atoms with Gasteiger partial charge in [0, 0.05) is 0 Å². The van der Waals surface area contributed by atoms with Gasteiger partial charge in [-0.15, -0.1) is 0 Å². The van der Waals surface area contributed by atoms with Crippen LogP contribution in [0.15, 0.2) is 84.9 Å². The summed E-state index contributed by atoms with van der Waals surface area (Å²) in [6, 6.07) is 25.4. The Kier molecular flexibility index (Phi) is 5.24. The summed E-state index contributed by atoms with van der Waals surface area (Å²) in [4.78, 5) is 15.2. The van der Waals surface area contributed by atoms with Crippen LogP contribution in [0.3, 0.4) is 0 Å². The predicted molar refractivity (Wildman–Crippen MR) is 120 cm³/mol. The zero-order valence-corrected chi connectivity index (χ0v) is 17.7. The van der Waals surface area contributed by atoms with Crippen molar-refractivity contribution in [2.75, 3.05) is 11.0 Å². The molecule has 8 heteroatoms. The molecule has 0 spiro atoms. The monoisotopic (exact) mass is 434 g/mol. The molecule has 3 aromatic carbocycles. The molecule has 7 nitrogen and oxygen atoms in total. The molecular weight excluding hydrogens is 412 g/mol. The average Bonchev–Trinajstić information content (AvgIpc) is 3.01. The fourth-order valence-electron chi connectivity index (χ4n) is 3.82. The van der Waals surface area contributed by atoms with Gasteiger partial charge >= 0.3 is 0 Å². The summed E-state index contributed by atoms with van der Waals surface area (Å²) in [6.45, 7) is 0.0464. The Morgan fingerprint density at radius 3 is 1.97 bits per heavy atom. The number of para-hydroxylation sites is 1. The van der Waals surface area contributed by atoms with E-state index in [0.717, 1.165) is 17.4 Å². The van der Waals surface area contributed by atoms with Crippen LogP contribution < -0.4 is 10.0 Å². The molecule has 0 bridgehead atoms. The Balaban J connectivity index is 1.77. The highest BCUT2D eigenvalue weighted by Crippen LogP contribution is 2.36. The van der Waals surface area contributed by atoms with E-state index in [2.05, 4.69) is 10.0 Å². The van der Waals surface area contributed by atoms with Crippen molar-refractivity contribution < 1.29 is 13.2 Å². The molecule has 1 saturated heterocycles. The van der Waals surface area contributed by atoms with Crippen LogP contribution in [0.5, 0.6) is 0 Å². The maximum Gasteiger partial charge on any atom is 0.264 e. The van der Waals surface area contributed by atoms with Gasteiger partial charge in [-0.2, -0.15) is 0 Å². The van der Waals surface area contributed by atoms with Crippen LogP contribution in [0, 0.1) is 5.41 Å². The number of hydrogen-bond donors (Lipinski definition) is 3. The van der Waals surface area contributed by atoms with Crippen molar-refractivity contribution >= 4 is 27.6 Å². The molecule has 1 aliphatic rings. The highest BCUT2D eigenvalue weighted by molar-refractivity contribution is 7.92. The van der Waals surface area contributed by atoms with E-state index in [-0.39, 0.29) is 18.4 Å². The van der Waals surface area contributed by atoms with Crippen LogP contribution in [-0.4, -0.2) is 31.4 Å². The second-order valence-corrected chi connectivity index (χ2v) is 9.13. The first-order valence-electron chi connectivity index (χ1n) is 9.67. The molecule has 0 aromatic heterocycles. The third-order valence-corrected chi connectivity index (χ3v) is 5.79. The highest BCUT2D eigenvalue weighted by Gasteiger charge is 2.52. The number of nitrogens with zero attached hydrogens (tertiary/aromatic N) is 1. The second kappa shape index (κ2) is 7.88. The molecule has 3 aromatic rings. The maximum atomic E-state index is 13.8. The van der Waals surface area contributed by atoms with Gasteiger partial charge in [-0.3, -0.25) is 19.8 Å². The van der Waals surface area contributed by atoms with Crippen molar-refractivity contribution in [3.05, 3.63) is 102 Å². The molecule has 31 heavy (non-hydrogen) atoms. The van der Waals surface area contributed by atoms with Crippen molar-refractivity contribution in [3.63, 3.8) is 0 Å². The number of amides is 1. The Hall–Kier alpha value is -3.65. The van der Waals surface area contributed by atoms with Gasteiger partial charge in [0.1, 0.15) is 0 Å². The molecule has 0 radical (unpaired) electrons. The summed E-state index contributed by atoms with van der Waals surface area (Å²) in [5.74, 6) is -0.351. The molecule has 1 amide bonds. The molecule has 0 unspecified atom stereocenters. The molecule has 1 heterocycles. The number of carbonyl (C=O) groups is 1. The summed E-state index contributed by atoms with van der Waals surface area (Å²) in [5, 5.41) is 11.7. The largest absolute Gasteiger partial charge is 0.334 e. The second-order valence-electron chi connectivity index (χ2n) is 7.38. The van der Waals surface area contributed by atoms with Crippen LogP contribution in [-0.2, 0) is 26.9 Å². The van der Waals surface area contributed by atoms with Gasteiger partial charge in [0.05, 0.1) is 18.5 Å². The Bertz CT molecular complexity index is 1190. The van der Waals surface area contributed by atoms with Crippen LogP contribution in [0.1, 0.15) is 16.7 Å². The lowest BCUT2D eigenvalue weighted by molar-refractivity contribution is -0.130. The molecule has 0 saturated carbocycles. The first kappa shape index (κ1) is 20.6. The van der Waals surface area contributed by atoms with Crippen molar-refractivity contribution in [1.82, 2.24) is 10.2 Å². The summed E-state index contributed by atoms with van der Waals surface area (Å²) >= 11 is 0. The Morgan fingerprint density at radius 1 is 0.903 bits per heavy atom. The van der Waals surface area contributed by atoms with Gasteiger partial charge in [0.2, 0.25) is 10.0 Å². The number of carbonyl (C=O) groups excluding carboxylic acids is 1. The SMILES string of the molecule is CS(=O)(=O)Nc1ccccc1CN1C(=N)NC(c2ccccc2)(c2ccccc2)C1=O. The van der Waals surface area contributed by atoms with E-state index in [1.807, 2.05) is 60.7 Å². The van der Waals surface area contributed by atoms with Gasteiger partial charge < -0.3 is 5.32 Å². The number of anilines is 1. The van der Waals surface area contributed by atoms with Gasteiger partial charge in [0.25, 0.3) is 5.91 Å². The predicted octanol–water partition coefficient (Wildman–Crippen LogP) is 2.87. The Morgan fingerprint density at radius 2 is 1.42 bits per heavy atom. The summed E-state index contributed by atoms with van der Waals surface area (Å²) in [5.41, 5.74) is 1.17. The standard InChI is InChI=1S/C23H22N4O3S/c1-31(29,30)26-20-15-9-8-10-17(20)16-27-21(28)23(25-22(27)24,18-11-4-2-5-12-18)19-13-6-3-7-14-19/h2-15,26H,16H2,1H3,(H2,24,25). The quantitative estimate of drug-likeness (QED) is 0.555. The lowest BCUT2D eigenvalue weighted by Crippen LogP contribution is -2.45. The molecule has 158 valence electrons. The van der Waals surface area contributed by atoms with Gasteiger partial charge in [0.15, 0.2) is 11.5 Å². The normalized spacial score (nSPS) is 15.6. The molecule has 3 N–H and O–H groups in total. The van der Waals surface area contributed by atoms with Crippen LogP contribution in [0.4, 0.5) is 5.69 Å². The summed E-state index contributed by atoms with van der Waals surface area (Å²) < 4.78 is 26.0. The van der Waals surface area contributed by atoms with Crippen molar-refractivity contribution in [1.29, 1.82) is 5.41 Å². The minimum atomic E-state index is -3.49. The van der Waals surface area contributed by atoms with Crippen LogP contribution in [0.25, 0.3) is 0 Å². The minimum Gasteiger partial charge on any atom is -0.334 e. The number of guanidine groups is 1. The van der Waals surface area contributed by atoms with Crippen LogP contribution in [0.2, 0.25) is 0 Å². The first-order valence-corrected chi connectivity index (χ1v) is 11.6. The van der Waals surface area contributed by atoms with Gasteiger partial charge in [-0.1, -0.05) is 78.9 Å². The molecule has 4 rings (SSSR count). The first-order chi connectivity index (χ1) is 14.8. The zero-order valence-electron chi connectivity index (χ0n) is 16.9. The van der Waals surface area contributed by atoms with Crippen molar-refractivity contribution in [2.45, 2.75) is 12.1 Å². The summed E-state index contributed by atoms with van der Waals surface area (Å²) in [7, 11) is -3.49. The molecular formula is C23H22N4O3S. The van der Waals surface area contributed by atoms with Crippen molar-refractivity contribution in [2.24, 2.45) is 0 Å². The van der Waals surface area contributed by atoms with E-state index >= 15 is 0 Å². The molecule has 0 aliphatic carbocycles. The van der Waals surface area contributed by atoms with E-state index in [1.165, 1.54) is 4.90 Å². The topological polar surface area (TPSA) is 102 Å². The maximum absolute atomic E-state index is 13.8. The average molecular weight is 435 g/mol. The third kappa shape index (κ3) is 3.89. The number of nitrogens with one attached hydrogen (secondary N) is 3. The van der Waals surface area contributed by atoms with Crippen LogP contribution >= 0.6 is 0 Å². The Labute approximate surface area is 181 Å². The lowest BCUT2D eigenvalue weighted by Gasteiger charge is -2.28. The van der Waals surface area contributed by atoms with Gasteiger partial charge in [-0.25, -0.2) is 8.42 Å². The zero-order chi connectivity index (χ0) is 22.1. The number of benzene rings is 3. The fourth-order valence-corrected chi connectivity index (χ4v) is 4.41. The van der Waals surface area contributed by atoms with E-state index in [1.54, 1.807) is 24.3 Å². The lowest BCUT2D eigenvalue weighted by atomic mass is 9.82. The van der Waals surface area contributed by atoms with Gasteiger partial charge in [-0.05, 0) is 22.8 Å². The van der Waals surface area contributed by atoms with E-state index in [9.17, 15) is 13.2 Å². The third-order valence-electron chi connectivity index (χ3n) is 5.20. The van der Waals surface area contributed by atoms with Crippen molar-refractivity contribution in [3.8, 4) is 0 Å². The smallest absolute Gasteiger partial charge is 0.264 e. The number of sulfonamides is 1. The fraction of sp³-hybridized carbons (Fsp3) is 0.130. The number of rotatable bonds is 6. The van der Waals surface area contributed by atoms with E-state index < -0.39 is 15.6 Å². The highest BCUT2D eigenvalue weighted by atomic mass is 32.2. The van der Waals surface area contributed by atoms with E-state index in [4.69, 9.17) is 5.41 Å². The summed E-state index contributed by atoms with van der Waals surface area (Å²) in [6.07, 6.45) is 1.07. The molecule has 1 aliphatic heterocycles. The number of hydrogen-bond acceptors (Lipinski definition) is 4. The molecule has 0 atom stereocenters. The molecule has 1 fully saturated rings.